The molecule has 0 unspecified atom stereocenters. The van der Waals surface area contributed by atoms with Crippen LogP contribution in [-0.2, 0) is 4.74 Å². The topological polar surface area (TPSA) is 162 Å². The number of carbonyl (C=O) groups is 1. The Hall–Kier alpha value is -4.36. The summed E-state index contributed by atoms with van der Waals surface area (Å²) in [6.07, 6.45) is 5.12. The van der Waals surface area contributed by atoms with Crippen molar-refractivity contribution in [2.45, 2.75) is 65.1 Å². The minimum atomic E-state index is -0.419. The molecule has 46 heavy (non-hydrogen) atoms. The zero-order valence-corrected chi connectivity index (χ0v) is 27.8. The van der Waals surface area contributed by atoms with Crippen LogP contribution in [0.3, 0.4) is 0 Å². The predicted molar refractivity (Wildman–Crippen MR) is 179 cm³/mol. The lowest BCUT2D eigenvalue weighted by Gasteiger charge is -2.36. The molecule has 1 amide bonds. The largest absolute Gasteiger partial charge is 0.444 e. The molecule has 0 aliphatic carbocycles. The lowest BCUT2D eigenvalue weighted by Crippen LogP contribution is -2.49. The molecule has 2 aliphatic rings. The van der Waals surface area contributed by atoms with Crippen molar-refractivity contribution < 1.29 is 9.53 Å². The third kappa shape index (κ3) is 9.10. The fraction of sp³-hybridized carbons (Fsp3) is 0.485. The van der Waals surface area contributed by atoms with Crippen LogP contribution in [0.15, 0.2) is 48.8 Å². The number of halogens is 1. The molecule has 244 valence electrons. The molecule has 4 aromatic heterocycles. The highest BCUT2D eigenvalue weighted by Gasteiger charge is 2.25. The molecule has 4 atom stereocenters. The van der Waals surface area contributed by atoms with E-state index in [0.717, 1.165) is 55.7 Å². The number of aromatic nitrogens is 4. The number of fused-ring (bicyclic) bond motifs is 2. The molecule has 2 fully saturated rings. The number of nitriles is 2. The van der Waals surface area contributed by atoms with Crippen molar-refractivity contribution in [3.05, 3.63) is 65.2 Å². The van der Waals surface area contributed by atoms with Gasteiger partial charge < -0.3 is 26.0 Å². The average Bonchev–Trinajstić information content (AvgIpc) is 3.68. The van der Waals surface area contributed by atoms with Crippen LogP contribution in [0.25, 0.3) is 11.0 Å². The number of anilines is 1. The fourth-order valence-corrected chi connectivity index (χ4v) is 5.97. The van der Waals surface area contributed by atoms with Gasteiger partial charge in [-0.1, -0.05) is 25.4 Å². The number of nitrogens with zero attached hydrogens (tertiary/aromatic N) is 7. The first-order valence-electron chi connectivity index (χ1n) is 15.5. The standard InChI is InChI=1S/C14H17N5.C11H22N2O2.C8H4ClN3/c1-10-6-11(16)9-18(8-10)13-3-2-12(7-15)19-14(13)4-5-17-19;1-8-5-9(7-12-6-8)13-10(14)15-11(2,3)4;9-7-2-1-6(5-10)12-8(7)3-4-11-12/h2-5,10-11H,6,8-9,16H2,1H3;8-9,12H,5-7H2,1-4H3,(H,13,14);1-4H/t10-,11+;8-,9+;/m00./s1. The molecule has 13 heteroatoms. The summed E-state index contributed by atoms with van der Waals surface area (Å²) in [4.78, 5) is 13.8. The molecule has 0 spiro atoms. The Balaban J connectivity index is 0.000000161. The third-order valence-electron chi connectivity index (χ3n) is 7.59. The molecule has 0 radical (unpaired) electrons. The quantitative estimate of drug-likeness (QED) is 0.279. The summed E-state index contributed by atoms with van der Waals surface area (Å²) >= 11 is 5.86. The lowest BCUT2D eigenvalue weighted by molar-refractivity contribution is 0.0491. The maximum atomic E-state index is 11.5. The Labute approximate surface area is 275 Å². The summed E-state index contributed by atoms with van der Waals surface area (Å²) in [5.74, 6) is 1.20. The maximum absolute atomic E-state index is 11.5. The summed E-state index contributed by atoms with van der Waals surface area (Å²) in [6.45, 7) is 13.7. The van der Waals surface area contributed by atoms with Gasteiger partial charge in [-0.25, -0.2) is 13.8 Å². The second-order valence-electron chi connectivity index (χ2n) is 13.0. The Bertz CT molecular complexity index is 1700. The number of rotatable bonds is 2. The van der Waals surface area contributed by atoms with E-state index in [1.54, 1.807) is 35.1 Å². The smallest absolute Gasteiger partial charge is 0.407 e. The van der Waals surface area contributed by atoms with Gasteiger partial charge in [0.2, 0.25) is 0 Å². The van der Waals surface area contributed by atoms with Crippen LogP contribution in [0, 0.1) is 34.5 Å². The average molecular weight is 647 g/mol. The number of nitrogens with one attached hydrogen (secondary N) is 2. The number of carbonyl (C=O) groups excluding carboxylic acids is 1. The summed E-state index contributed by atoms with van der Waals surface area (Å²) < 4.78 is 8.41. The molecule has 6 rings (SSSR count). The summed E-state index contributed by atoms with van der Waals surface area (Å²) in [7, 11) is 0. The van der Waals surface area contributed by atoms with Crippen LogP contribution in [0.2, 0.25) is 5.02 Å². The van der Waals surface area contributed by atoms with Gasteiger partial charge in [-0.15, -0.1) is 0 Å². The molecule has 0 aromatic carbocycles. The van der Waals surface area contributed by atoms with E-state index in [-0.39, 0.29) is 18.2 Å². The van der Waals surface area contributed by atoms with E-state index in [9.17, 15) is 4.79 Å². The number of pyridine rings is 2. The van der Waals surface area contributed by atoms with Crippen LogP contribution in [-0.4, -0.2) is 69.2 Å². The number of nitrogens with two attached hydrogens (primary N) is 1. The van der Waals surface area contributed by atoms with Crippen LogP contribution < -0.4 is 21.3 Å². The number of alkyl carbamates (subject to hydrolysis) is 1. The Kier molecular flexibility index (Phi) is 11.5. The van der Waals surface area contributed by atoms with Crippen LogP contribution in [0.5, 0.6) is 0 Å². The molecule has 6 heterocycles. The molecule has 2 saturated heterocycles. The molecule has 4 N–H and O–H groups in total. The zero-order chi connectivity index (χ0) is 33.4. The normalized spacial score (nSPS) is 21.2. The Morgan fingerprint density at radius 2 is 1.59 bits per heavy atom. The number of piperidine rings is 2. The first-order valence-corrected chi connectivity index (χ1v) is 15.9. The van der Waals surface area contributed by atoms with Crippen molar-refractivity contribution in [1.82, 2.24) is 29.9 Å². The van der Waals surface area contributed by atoms with Crippen molar-refractivity contribution in [1.29, 1.82) is 10.5 Å². The van der Waals surface area contributed by atoms with Gasteiger partial charge in [-0.05, 0) is 88.4 Å². The molecule has 4 aromatic rings. The predicted octanol–water partition coefficient (Wildman–Crippen LogP) is 4.75. The summed E-state index contributed by atoms with van der Waals surface area (Å²) in [5, 5.41) is 32.7. The Morgan fingerprint density at radius 3 is 2.20 bits per heavy atom. The third-order valence-corrected chi connectivity index (χ3v) is 7.91. The van der Waals surface area contributed by atoms with Gasteiger partial charge in [0.05, 0.1) is 34.1 Å². The fourth-order valence-electron chi connectivity index (χ4n) is 5.76. The monoisotopic (exact) mass is 646 g/mol. The van der Waals surface area contributed by atoms with Gasteiger partial charge in [-0.2, -0.15) is 20.7 Å². The van der Waals surface area contributed by atoms with Crippen LogP contribution >= 0.6 is 11.6 Å². The van der Waals surface area contributed by atoms with Gasteiger partial charge in [0.25, 0.3) is 0 Å². The SMILES string of the molecule is C[C@@H]1CNC[C@H](NC(=O)OC(C)(C)C)C1.C[C@H]1C[C@@H](N)CN(c2ccc(C#N)n3nccc23)C1.N#Cc1ccc(Cl)c2ccnn12. The minimum absolute atomic E-state index is 0.198. The van der Waals surface area contributed by atoms with Crippen molar-refractivity contribution in [2.24, 2.45) is 17.6 Å². The second kappa shape index (κ2) is 15.3. The molecular formula is C33H43ClN10O2. The number of ether oxygens (including phenoxy) is 1. The van der Waals surface area contributed by atoms with E-state index in [0.29, 0.717) is 28.2 Å². The van der Waals surface area contributed by atoms with Gasteiger partial charge in [-0.3, -0.25) is 0 Å². The van der Waals surface area contributed by atoms with E-state index in [1.807, 2.05) is 45.0 Å². The second-order valence-corrected chi connectivity index (χ2v) is 13.4. The maximum Gasteiger partial charge on any atom is 0.407 e. The van der Waals surface area contributed by atoms with Gasteiger partial charge in [0.1, 0.15) is 29.1 Å². The first kappa shape index (κ1) is 34.5. The first-order chi connectivity index (χ1) is 21.9. The Morgan fingerprint density at radius 1 is 0.957 bits per heavy atom. The van der Waals surface area contributed by atoms with E-state index in [2.05, 4.69) is 45.6 Å². The van der Waals surface area contributed by atoms with Gasteiger partial charge in [0.15, 0.2) is 0 Å². The van der Waals surface area contributed by atoms with Crippen molar-refractivity contribution in [3.63, 3.8) is 0 Å². The number of hydrogen-bond donors (Lipinski definition) is 3. The molecule has 12 nitrogen and oxygen atoms in total. The van der Waals surface area contributed by atoms with Crippen molar-refractivity contribution in [2.75, 3.05) is 31.1 Å². The van der Waals surface area contributed by atoms with E-state index in [4.69, 9.17) is 32.6 Å². The highest BCUT2D eigenvalue weighted by molar-refractivity contribution is 6.33. The highest BCUT2D eigenvalue weighted by atomic mass is 35.5. The summed E-state index contributed by atoms with van der Waals surface area (Å²) in [5.41, 5.74) is 9.57. The van der Waals surface area contributed by atoms with Gasteiger partial charge in [0, 0.05) is 31.7 Å². The minimum Gasteiger partial charge on any atom is -0.444 e. The van der Waals surface area contributed by atoms with Crippen LogP contribution in [0.1, 0.15) is 58.8 Å². The number of hydrogen-bond acceptors (Lipinski definition) is 9. The van der Waals surface area contributed by atoms with Gasteiger partial charge >= 0.3 is 6.09 Å². The number of amides is 1. The molecule has 0 saturated carbocycles. The van der Waals surface area contributed by atoms with Crippen molar-refractivity contribution >= 4 is 34.4 Å². The molecule has 2 aliphatic heterocycles. The summed E-state index contributed by atoms with van der Waals surface area (Å²) in [6, 6.07) is 15.5. The van der Waals surface area contributed by atoms with Crippen molar-refractivity contribution in [3.8, 4) is 12.1 Å². The molecule has 0 bridgehead atoms. The highest BCUT2D eigenvalue weighted by Crippen LogP contribution is 2.27. The van der Waals surface area contributed by atoms with E-state index in [1.165, 1.54) is 4.52 Å². The zero-order valence-electron chi connectivity index (χ0n) is 27.1. The lowest BCUT2D eigenvalue weighted by atomic mass is 9.96. The van der Waals surface area contributed by atoms with Crippen LogP contribution in [0.4, 0.5) is 10.5 Å². The van der Waals surface area contributed by atoms with E-state index >= 15 is 0 Å². The van der Waals surface area contributed by atoms with E-state index < -0.39 is 5.60 Å². The molecular weight excluding hydrogens is 604 g/mol.